The third-order valence-corrected chi connectivity index (χ3v) is 5.30. The Balaban J connectivity index is 1.78. The van der Waals surface area contributed by atoms with Gasteiger partial charge < -0.3 is 14.3 Å². The maximum Gasteiger partial charge on any atom is 0.573 e. The zero-order chi connectivity index (χ0) is 21.9. The Hall–Kier alpha value is -2.79. The molecule has 11 heteroatoms. The van der Waals surface area contributed by atoms with Gasteiger partial charge in [0.2, 0.25) is 0 Å². The number of hydrogen-bond acceptors (Lipinski definition) is 6. The van der Waals surface area contributed by atoms with E-state index < -0.39 is 18.1 Å². The molecule has 0 saturated carbocycles. The first kappa shape index (κ1) is 21.9. The molecule has 6 nitrogen and oxygen atoms in total. The minimum absolute atomic E-state index is 0.0863. The molecular formula is C19H14F3NO5S2. The number of thioether (sulfide) groups is 1. The molecule has 0 aliphatic carbocycles. The number of alkyl halides is 3. The minimum Gasteiger partial charge on any atom is -0.481 e. The number of carboxylic acids is 1. The molecule has 2 heterocycles. The molecule has 0 radical (unpaired) electrons. The van der Waals surface area contributed by atoms with Crippen molar-refractivity contribution in [2.75, 3.05) is 6.54 Å². The van der Waals surface area contributed by atoms with Crippen molar-refractivity contribution in [1.29, 1.82) is 0 Å². The summed E-state index contributed by atoms with van der Waals surface area (Å²) in [5.41, 5.74) is 0.107. The number of aliphatic carboxylic acids is 1. The second-order valence-corrected chi connectivity index (χ2v) is 7.75. The van der Waals surface area contributed by atoms with E-state index in [2.05, 4.69) is 4.74 Å². The van der Waals surface area contributed by atoms with Gasteiger partial charge >= 0.3 is 12.3 Å². The predicted octanol–water partition coefficient (Wildman–Crippen LogP) is 4.91. The number of ether oxygens (including phenoxy) is 1. The summed E-state index contributed by atoms with van der Waals surface area (Å²) in [4.78, 5) is 24.7. The number of nitrogens with zero attached hydrogens (tertiary/aromatic N) is 1. The first-order valence-corrected chi connectivity index (χ1v) is 9.78. The first-order valence-electron chi connectivity index (χ1n) is 8.56. The van der Waals surface area contributed by atoms with Crippen LogP contribution in [0, 0.1) is 0 Å². The van der Waals surface area contributed by atoms with Crippen molar-refractivity contribution in [1.82, 2.24) is 4.90 Å². The molecule has 1 aliphatic heterocycles. The molecule has 1 amide bonds. The highest BCUT2D eigenvalue weighted by Crippen LogP contribution is 2.37. The summed E-state index contributed by atoms with van der Waals surface area (Å²) < 4.78 is 47.7. The molecule has 2 aromatic rings. The Kier molecular flexibility index (Phi) is 6.52. The van der Waals surface area contributed by atoms with Gasteiger partial charge in [0.1, 0.15) is 21.6 Å². The maximum absolute atomic E-state index is 12.6. The van der Waals surface area contributed by atoms with Gasteiger partial charge in [-0.3, -0.25) is 14.5 Å². The number of carboxylic acid groups (broad SMARTS) is 1. The number of carbonyl (C=O) groups is 2. The molecule has 0 bridgehead atoms. The van der Waals surface area contributed by atoms with Gasteiger partial charge in [0.05, 0.1) is 10.5 Å². The van der Waals surface area contributed by atoms with Gasteiger partial charge in [-0.2, -0.15) is 0 Å². The molecule has 1 aromatic carbocycles. The number of carbonyl (C=O) groups excluding carboxylic acids is 1. The number of furan rings is 1. The average Bonchev–Trinajstić information content (AvgIpc) is 3.21. The lowest BCUT2D eigenvalue weighted by molar-refractivity contribution is -0.274. The molecule has 0 unspecified atom stereocenters. The summed E-state index contributed by atoms with van der Waals surface area (Å²) in [6, 6.07) is 8.53. The van der Waals surface area contributed by atoms with E-state index in [1.165, 1.54) is 41.3 Å². The Morgan fingerprint density at radius 1 is 1.27 bits per heavy atom. The third-order valence-electron chi connectivity index (χ3n) is 3.92. The molecule has 1 saturated heterocycles. The molecule has 1 fully saturated rings. The summed E-state index contributed by atoms with van der Waals surface area (Å²) in [6.45, 7) is 0.180. The Morgan fingerprint density at radius 3 is 2.70 bits per heavy atom. The minimum atomic E-state index is -4.85. The predicted molar refractivity (Wildman–Crippen MR) is 108 cm³/mol. The summed E-state index contributed by atoms with van der Waals surface area (Å²) in [7, 11) is 0. The zero-order valence-electron chi connectivity index (χ0n) is 15.1. The van der Waals surface area contributed by atoms with E-state index in [0.717, 1.165) is 11.8 Å². The molecule has 1 aliphatic rings. The van der Waals surface area contributed by atoms with Crippen molar-refractivity contribution in [2.24, 2.45) is 0 Å². The zero-order valence-corrected chi connectivity index (χ0v) is 16.8. The highest BCUT2D eigenvalue weighted by molar-refractivity contribution is 8.26. The molecular weight excluding hydrogens is 443 g/mol. The average molecular weight is 457 g/mol. The van der Waals surface area contributed by atoms with Crippen molar-refractivity contribution in [3.8, 4) is 17.1 Å². The van der Waals surface area contributed by atoms with Gasteiger partial charge in [-0.05, 0) is 30.7 Å². The Morgan fingerprint density at radius 2 is 2.00 bits per heavy atom. The molecule has 1 aromatic heterocycles. The van der Waals surface area contributed by atoms with E-state index in [0.29, 0.717) is 4.32 Å². The number of halogens is 3. The fraction of sp³-hybridized carbons (Fsp3) is 0.211. The number of amides is 1. The van der Waals surface area contributed by atoms with E-state index in [9.17, 15) is 22.8 Å². The summed E-state index contributed by atoms with van der Waals surface area (Å²) in [5, 5.41) is 8.71. The van der Waals surface area contributed by atoms with Crippen LogP contribution in [0.5, 0.6) is 5.75 Å². The fourth-order valence-corrected chi connectivity index (χ4v) is 3.96. The van der Waals surface area contributed by atoms with Crippen LogP contribution in [0.2, 0.25) is 0 Å². The molecule has 1 N–H and O–H groups in total. The molecule has 30 heavy (non-hydrogen) atoms. The number of thiocarbonyl (C=S) groups is 1. The smallest absolute Gasteiger partial charge is 0.481 e. The topological polar surface area (TPSA) is 80.0 Å². The SMILES string of the molecule is O=C(O)CCCN1C(=O)/C(=C\c2ccc(-c3ccccc3OC(F)(F)F)o2)SC1=S. The Bertz CT molecular complexity index is 1020. The highest BCUT2D eigenvalue weighted by Gasteiger charge is 2.33. The van der Waals surface area contributed by atoms with Gasteiger partial charge in [-0.25, -0.2) is 0 Å². The number of hydrogen-bond donors (Lipinski definition) is 1. The maximum atomic E-state index is 12.6. The van der Waals surface area contributed by atoms with E-state index in [-0.39, 0.29) is 47.3 Å². The van der Waals surface area contributed by atoms with Crippen molar-refractivity contribution < 1.29 is 37.0 Å². The van der Waals surface area contributed by atoms with Gasteiger partial charge in [0.15, 0.2) is 0 Å². The van der Waals surface area contributed by atoms with E-state index in [4.69, 9.17) is 21.7 Å². The number of para-hydroxylation sites is 1. The standard InChI is InChI=1S/C19H14F3NO5S2/c20-19(21,22)28-14-5-2-1-4-12(14)13-8-7-11(27-13)10-15-17(26)23(18(29)30-15)9-3-6-16(24)25/h1-2,4-5,7-8,10H,3,6,9H2,(H,24,25)/b15-10+. The number of rotatable bonds is 7. The third kappa shape index (κ3) is 5.42. The van der Waals surface area contributed by atoms with Crippen LogP contribution in [0.25, 0.3) is 17.4 Å². The molecule has 0 atom stereocenters. The van der Waals surface area contributed by atoms with Crippen LogP contribution in [0.3, 0.4) is 0 Å². The van der Waals surface area contributed by atoms with Crippen LogP contribution in [-0.4, -0.2) is 39.1 Å². The lowest BCUT2D eigenvalue weighted by Crippen LogP contribution is -2.29. The largest absolute Gasteiger partial charge is 0.573 e. The van der Waals surface area contributed by atoms with Gasteiger partial charge in [-0.1, -0.05) is 36.1 Å². The first-order chi connectivity index (χ1) is 14.1. The van der Waals surface area contributed by atoms with Crippen LogP contribution in [0.4, 0.5) is 13.2 Å². The molecule has 0 spiro atoms. The van der Waals surface area contributed by atoms with E-state index in [1.54, 1.807) is 6.07 Å². The quantitative estimate of drug-likeness (QED) is 0.467. The second kappa shape index (κ2) is 8.92. The van der Waals surface area contributed by atoms with Crippen molar-refractivity contribution >= 4 is 46.3 Å². The fourth-order valence-electron chi connectivity index (χ4n) is 2.67. The van der Waals surface area contributed by atoms with Crippen LogP contribution in [-0.2, 0) is 9.59 Å². The summed E-state index contributed by atoms with van der Waals surface area (Å²) in [6.07, 6.45) is -3.24. The normalized spacial score (nSPS) is 15.8. The lowest BCUT2D eigenvalue weighted by Gasteiger charge is -2.13. The summed E-state index contributed by atoms with van der Waals surface area (Å²) in [5.74, 6) is -1.37. The lowest BCUT2D eigenvalue weighted by atomic mass is 10.1. The van der Waals surface area contributed by atoms with Crippen LogP contribution in [0.15, 0.2) is 45.7 Å². The van der Waals surface area contributed by atoms with Gasteiger partial charge in [0, 0.05) is 19.0 Å². The second-order valence-electron chi connectivity index (χ2n) is 6.08. The van der Waals surface area contributed by atoms with Crippen molar-refractivity contribution in [3.05, 3.63) is 47.1 Å². The van der Waals surface area contributed by atoms with Crippen LogP contribution < -0.4 is 4.74 Å². The van der Waals surface area contributed by atoms with Crippen molar-refractivity contribution in [3.63, 3.8) is 0 Å². The number of benzene rings is 1. The van der Waals surface area contributed by atoms with Crippen LogP contribution >= 0.6 is 24.0 Å². The monoisotopic (exact) mass is 457 g/mol. The van der Waals surface area contributed by atoms with Crippen molar-refractivity contribution in [2.45, 2.75) is 19.2 Å². The van der Waals surface area contributed by atoms with Gasteiger partial charge in [-0.15, -0.1) is 13.2 Å². The van der Waals surface area contributed by atoms with E-state index >= 15 is 0 Å². The van der Waals surface area contributed by atoms with Crippen LogP contribution in [0.1, 0.15) is 18.6 Å². The highest BCUT2D eigenvalue weighted by atomic mass is 32.2. The van der Waals surface area contributed by atoms with E-state index in [1.807, 2.05) is 0 Å². The summed E-state index contributed by atoms with van der Waals surface area (Å²) >= 11 is 6.21. The molecule has 3 rings (SSSR count). The molecule has 158 valence electrons. The van der Waals surface area contributed by atoms with Gasteiger partial charge in [0.25, 0.3) is 5.91 Å². The Labute approximate surface area is 178 Å².